The summed E-state index contributed by atoms with van der Waals surface area (Å²) < 4.78 is 0. The smallest absolute Gasteiger partial charge is 0.305 e. The van der Waals surface area contributed by atoms with Gasteiger partial charge in [0.1, 0.15) is 6.04 Å². The molecule has 0 aromatic carbocycles. The number of hydrogen-bond acceptors (Lipinski definition) is 4. The second-order valence-electron chi connectivity index (χ2n) is 3.67. The molecule has 1 saturated heterocycles. The van der Waals surface area contributed by atoms with Crippen molar-refractivity contribution in [1.82, 2.24) is 10.2 Å². The number of carboxylic acids is 1. The van der Waals surface area contributed by atoms with Gasteiger partial charge in [-0.25, -0.2) is 0 Å². The van der Waals surface area contributed by atoms with Crippen molar-refractivity contribution in [2.24, 2.45) is 0 Å². The van der Waals surface area contributed by atoms with Gasteiger partial charge in [0, 0.05) is 18.7 Å². The van der Waals surface area contributed by atoms with Gasteiger partial charge in [0.2, 0.25) is 11.8 Å². The van der Waals surface area contributed by atoms with Crippen LogP contribution < -0.4 is 5.32 Å². The summed E-state index contributed by atoms with van der Waals surface area (Å²) in [5.74, 6) is -0.159. The highest BCUT2D eigenvalue weighted by Crippen LogP contribution is 2.21. The fourth-order valence-corrected chi connectivity index (χ4v) is 2.70. The van der Waals surface area contributed by atoms with Crippen LogP contribution in [0.1, 0.15) is 19.8 Å². The van der Waals surface area contributed by atoms with E-state index in [-0.39, 0.29) is 24.8 Å². The van der Waals surface area contributed by atoms with Crippen molar-refractivity contribution in [2.75, 3.05) is 18.2 Å². The van der Waals surface area contributed by atoms with E-state index in [1.165, 1.54) is 11.8 Å². The standard InChI is InChI=1S/C10H16N2O4S/c1-2-8(13)12-6-17-5-7(12)10(16)11-4-3-9(14)15/h7H,2-6H2,1H3,(H,11,16)(H,14,15). The van der Waals surface area contributed by atoms with E-state index in [4.69, 9.17) is 5.11 Å². The maximum Gasteiger partial charge on any atom is 0.305 e. The SMILES string of the molecule is CCC(=O)N1CSCC1C(=O)NCCC(=O)O. The molecule has 1 aliphatic rings. The minimum absolute atomic E-state index is 0.0478. The summed E-state index contributed by atoms with van der Waals surface area (Å²) >= 11 is 1.53. The van der Waals surface area contributed by atoms with Crippen molar-refractivity contribution >= 4 is 29.5 Å². The molecule has 0 radical (unpaired) electrons. The summed E-state index contributed by atoms with van der Waals surface area (Å²) in [4.78, 5) is 35.1. The third-order valence-corrected chi connectivity index (χ3v) is 3.46. The topological polar surface area (TPSA) is 86.7 Å². The normalized spacial score (nSPS) is 19.1. The molecule has 7 heteroatoms. The molecule has 96 valence electrons. The molecular formula is C10H16N2O4S. The van der Waals surface area contributed by atoms with Crippen LogP contribution in [0.2, 0.25) is 0 Å². The van der Waals surface area contributed by atoms with E-state index in [0.717, 1.165) is 0 Å². The average Bonchev–Trinajstić information content (AvgIpc) is 2.76. The number of carbonyl (C=O) groups excluding carboxylic acids is 2. The Morgan fingerprint density at radius 1 is 1.47 bits per heavy atom. The van der Waals surface area contributed by atoms with Gasteiger partial charge in [0.05, 0.1) is 12.3 Å². The molecule has 1 unspecified atom stereocenters. The van der Waals surface area contributed by atoms with Crippen molar-refractivity contribution < 1.29 is 19.5 Å². The minimum atomic E-state index is -0.951. The number of rotatable bonds is 5. The summed E-state index contributed by atoms with van der Waals surface area (Å²) in [5.41, 5.74) is 0. The molecule has 1 atom stereocenters. The molecule has 1 heterocycles. The van der Waals surface area contributed by atoms with Crippen LogP contribution in [0.25, 0.3) is 0 Å². The first-order valence-electron chi connectivity index (χ1n) is 5.43. The predicted octanol–water partition coefficient (Wildman–Crippen LogP) is -0.111. The minimum Gasteiger partial charge on any atom is -0.481 e. The molecule has 0 spiro atoms. The van der Waals surface area contributed by atoms with E-state index in [0.29, 0.717) is 18.1 Å². The van der Waals surface area contributed by atoms with Gasteiger partial charge in [-0.05, 0) is 0 Å². The lowest BCUT2D eigenvalue weighted by Gasteiger charge is -2.22. The zero-order chi connectivity index (χ0) is 12.8. The van der Waals surface area contributed by atoms with Gasteiger partial charge < -0.3 is 15.3 Å². The van der Waals surface area contributed by atoms with Crippen LogP contribution in [-0.2, 0) is 14.4 Å². The number of carboxylic acid groups (broad SMARTS) is 1. The molecule has 6 nitrogen and oxygen atoms in total. The number of nitrogens with zero attached hydrogens (tertiary/aromatic N) is 1. The van der Waals surface area contributed by atoms with Crippen LogP contribution >= 0.6 is 11.8 Å². The van der Waals surface area contributed by atoms with E-state index in [1.807, 2.05) is 0 Å². The molecule has 17 heavy (non-hydrogen) atoms. The van der Waals surface area contributed by atoms with Crippen LogP contribution in [0, 0.1) is 0 Å². The Bertz CT molecular complexity index is 321. The third kappa shape index (κ3) is 3.92. The zero-order valence-electron chi connectivity index (χ0n) is 9.64. The van der Waals surface area contributed by atoms with Gasteiger partial charge in [-0.2, -0.15) is 0 Å². The fourth-order valence-electron chi connectivity index (χ4n) is 1.52. The number of aliphatic carboxylic acids is 1. The molecule has 0 aliphatic carbocycles. The van der Waals surface area contributed by atoms with E-state index in [2.05, 4.69) is 5.32 Å². The first-order chi connectivity index (χ1) is 8.06. The monoisotopic (exact) mass is 260 g/mol. The molecular weight excluding hydrogens is 244 g/mol. The third-order valence-electron chi connectivity index (χ3n) is 2.45. The predicted molar refractivity (Wildman–Crippen MR) is 63.5 cm³/mol. The lowest BCUT2D eigenvalue weighted by Crippen LogP contribution is -2.47. The Morgan fingerprint density at radius 3 is 2.76 bits per heavy atom. The van der Waals surface area contributed by atoms with E-state index in [1.54, 1.807) is 11.8 Å². The van der Waals surface area contributed by atoms with Gasteiger partial charge in [0.25, 0.3) is 0 Å². The Kier molecular flexibility index (Phi) is 5.27. The quantitative estimate of drug-likeness (QED) is 0.720. The van der Waals surface area contributed by atoms with Crippen LogP contribution in [0.3, 0.4) is 0 Å². The summed E-state index contributed by atoms with van der Waals surface area (Å²) in [6, 6.07) is -0.457. The number of thioether (sulfide) groups is 1. The molecule has 1 rings (SSSR count). The van der Waals surface area contributed by atoms with Crippen LogP contribution in [0.5, 0.6) is 0 Å². The van der Waals surface area contributed by atoms with Crippen molar-refractivity contribution in [3.63, 3.8) is 0 Å². The van der Waals surface area contributed by atoms with Gasteiger partial charge in [-0.15, -0.1) is 11.8 Å². The molecule has 1 aliphatic heterocycles. The molecule has 0 aromatic heterocycles. The summed E-state index contributed by atoms with van der Waals surface area (Å²) in [6.45, 7) is 1.86. The lowest BCUT2D eigenvalue weighted by atomic mass is 10.2. The maximum absolute atomic E-state index is 11.7. The first kappa shape index (κ1) is 13.8. The number of carbonyl (C=O) groups is 3. The van der Waals surface area contributed by atoms with E-state index >= 15 is 0 Å². The Hall–Kier alpha value is -1.24. The number of amides is 2. The molecule has 2 amide bonds. The van der Waals surface area contributed by atoms with Crippen molar-refractivity contribution in [3.05, 3.63) is 0 Å². The highest BCUT2D eigenvalue weighted by Gasteiger charge is 2.33. The van der Waals surface area contributed by atoms with Crippen LogP contribution in [0.4, 0.5) is 0 Å². The molecule has 1 fully saturated rings. The summed E-state index contributed by atoms with van der Waals surface area (Å²) in [6.07, 6.45) is 0.271. The van der Waals surface area contributed by atoms with Crippen molar-refractivity contribution in [1.29, 1.82) is 0 Å². The highest BCUT2D eigenvalue weighted by atomic mass is 32.2. The molecule has 0 bridgehead atoms. The average molecular weight is 260 g/mol. The van der Waals surface area contributed by atoms with E-state index in [9.17, 15) is 14.4 Å². The van der Waals surface area contributed by atoms with Gasteiger partial charge in [-0.3, -0.25) is 14.4 Å². The molecule has 0 saturated carbocycles. The van der Waals surface area contributed by atoms with Gasteiger partial charge in [0.15, 0.2) is 0 Å². The molecule has 2 N–H and O–H groups in total. The second kappa shape index (κ2) is 6.48. The Balaban J connectivity index is 2.44. The highest BCUT2D eigenvalue weighted by molar-refractivity contribution is 7.99. The second-order valence-corrected chi connectivity index (χ2v) is 4.67. The van der Waals surface area contributed by atoms with Gasteiger partial charge in [-0.1, -0.05) is 6.92 Å². The zero-order valence-corrected chi connectivity index (χ0v) is 10.5. The number of nitrogens with one attached hydrogen (secondary N) is 1. The summed E-state index contributed by atoms with van der Waals surface area (Å²) in [5, 5.41) is 11.0. The number of hydrogen-bond donors (Lipinski definition) is 2. The summed E-state index contributed by atoms with van der Waals surface area (Å²) in [7, 11) is 0. The Morgan fingerprint density at radius 2 is 2.18 bits per heavy atom. The maximum atomic E-state index is 11.7. The lowest BCUT2D eigenvalue weighted by molar-refractivity contribution is -0.139. The first-order valence-corrected chi connectivity index (χ1v) is 6.58. The van der Waals surface area contributed by atoms with Crippen LogP contribution in [-0.4, -0.2) is 52.0 Å². The van der Waals surface area contributed by atoms with E-state index < -0.39 is 12.0 Å². The fraction of sp³-hybridized carbons (Fsp3) is 0.700. The van der Waals surface area contributed by atoms with Gasteiger partial charge >= 0.3 is 5.97 Å². The van der Waals surface area contributed by atoms with Crippen molar-refractivity contribution in [2.45, 2.75) is 25.8 Å². The van der Waals surface area contributed by atoms with Crippen LogP contribution in [0.15, 0.2) is 0 Å². The Labute approximate surface area is 104 Å². The van der Waals surface area contributed by atoms with Crippen molar-refractivity contribution in [3.8, 4) is 0 Å². The largest absolute Gasteiger partial charge is 0.481 e. The molecule has 0 aromatic rings.